The molecule has 8 rings (SSSR count). The fourth-order valence-electron chi connectivity index (χ4n) is 6.18. The Bertz CT molecular complexity index is 2810. The van der Waals surface area contributed by atoms with Gasteiger partial charge in [0.1, 0.15) is 35.7 Å². The zero-order valence-electron chi connectivity index (χ0n) is 34.3. The van der Waals surface area contributed by atoms with E-state index in [1.807, 2.05) is 42.9 Å². The fourth-order valence-corrected chi connectivity index (χ4v) is 6.18. The van der Waals surface area contributed by atoms with E-state index in [-0.39, 0.29) is 30.7 Å². The summed E-state index contributed by atoms with van der Waals surface area (Å²) >= 11 is 0. The lowest BCUT2D eigenvalue weighted by Gasteiger charge is -2.06. The molecule has 0 bridgehead atoms. The van der Waals surface area contributed by atoms with E-state index in [4.69, 9.17) is 42.7 Å². The van der Waals surface area contributed by atoms with Crippen molar-refractivity contribution in [3.8, 4) is 11.5 Å². The van der Waals surface area contributed by atoms with E-state index in [0.717, 1.165) is 11.0 Å². The lowest BCUT2D eigenvalue weighted by atomic mass is 10.2. The van der Waals surface area contributed by atoms with Gasteiger partial charge in [-0.05, 0) is 60.7 Å². The van der Waals surface area contributed by atoms with Crippen LogP contribution in [0.3, 0.4) is 0 Å². The van der Waals surface area contributed by atoms with Gasteiger partial charge in [-0.25, -0.2) is 14.8 Å². The van der Waals surface area contributed by atoms with Gasteiger partial charge in [0.15, 0.2) is 11.2 Å². The first-order valence-electron chi connectivity index (χ1n) is 19.4. The molecule has 0 spiro atoms. The van der Waals surface area contributed by atoms with Crippen molar-refractivity contribution in [3.63, 3.8) is 0 Å². The molecular formula is C42H45N9O11. The molecule has 4 aromatic heterocycles. The maximum atomic E-state index is 12.4. The van der Waals surface area contributed by atoms with Gasteiger partial charge in [0.25, 0.3) is 5.91 Å². The minimum Gasteiger partial charge on any atom is -0.491 e. The molecule has 20 heteroatoms. The second-order valence-corrected chi connectivity index (χ2v) is 13.5. The standard InChI is InChI=1S/C23H27N5O6.C19H18N4O5/c1-28-19-6-3-15(21(30)24-7-9-32-10-8-29)13-18(19)25-22(28)27-23-26-17-5-4-16(14-20(17)34-23)33-12-11-31-2;1-23-15-6-3-11(17(24)25)9-14(15)20-18(23)22-19-21-13-5-4-12(10-16(13)28-19)27-8-7-26-2/h3-6,13-14,29H,7-12H2,1-2H3,(H,24,30)(H,25,26,27);3-6,9-10H,7-8H2,1-2H3,(H,24,25)(H,20,21,22). The van der Waals surface area contributed by atoms with E-state index in [2.05, 4.69) is 35.9 Å². The zero-order chi connectivity index (χ0) is 43.6. The van der Waals surface area contributed by atoms with E-state index in [9.17, 15) is 9.59 Å². The van der Waals surface area contributed by atoms with Gasteiger partial charge in [0.2, 0.25) is 11.9 Å². The summed E-state index contributed by atoms with van der Waals surface area (Å²) in [6, 6.07) is 21.5. The van der Waals surface area contributed by atoms with Crippen LogP contribution < -0.4 is 25.4 Å². The molecule has 0 unspecified atom stereocenters. The van der Waals surface area contributed by atoms with Crippen LogP contribution in [0.5, 0.6) is 11.5 Å². The first-order valence-corrected chi connectivity index (χ1v) is 19.4. The number of anilines is 4. The van der Waals surface area contributed by atoms with Gasteiger partial charge in [-0.15, -0.1) is 0 Å². The number of carbonyl (C=O) groups excluding carboxylic acids is 1. The molecule has 0 saturated heterocycles. The highest BCUT2D eigenvalue weighted by Gasteiger charge is 2.16. The number of fused-ring (bicyclic) bond motifs is 4. The van der Waals surface area contributed by atoms with Crippen LogP contribution in [0.15, 0.2) is 81.6 Å². The van der Waals surface area contributed by atoms with Crippen molar-refractivity contribution in [1.29, 1.82) is 0 Å². The number of hydrogen-bond acceptors (Lipinski definition) is 16. The smallest absolute Gasteiger partial charge is 0.335 e. The molecule has 1 amide bonds. The largest absolute Gasteiger partial charge is 0.491 e. The van der Waals surface area contributed by atoms with E-state index >= 15 is 0 Å². The number of carboxylic acid groups (broad SMARTS) is 1. The first kappa shape index (κ1) is 42.8. The Kier molecular flexibility index (Phi) is 13.7. The van der Waals surface area contributed by atoms with Crippen LogP contribution in [-0.4, -0.2) is 118 Å². The molecule has 20 nitrogen and oxygen atoms in total. The SMILES string of the molecule is COCCOc1ccc2nc(Nc3nc4cc(C(=O)NCCOCCO)ccc4n3C)oc2c1.COCCOc1ccc2nc(Nc3nc4cc(C(=O)O)ccc4n3C)oc2c1. The number of hydrogen-bond donors (Lipinski definition) is 5. The first-order chi connectivity index (χ1) is 30.1. The Labute approximate surface area is 353 Å². The predicted molar refractivity (Wildman–Crippen MR) is 228 cm³/mol. The topological polar surface area (TPSA) is 245 Å². The van der Waals surface area contributed by atoms with Crippen LogP contribution in [0.1, 0.15) is 20.7 Å². The van der Waals surface area contributed by atoms with Crippen LogP contribution in [0.4, 0.5) is 23.9 Å². The summed E-state index contributed by atoms with van der Waals surface area (Å²) in [6.07, 6.45) is 0. The van der Waals surface area contributed by atoms with E-state index in [0.29, 0.717) is 108 Å². The number of aliphatic hydroxyl groups excluding tert-OH is 1. The number of aryl methyl sites for hydroxylation is 2. The molecule has 0 aliphatic rings. The summed E-state index contributed by atoms with van der Waals surface area (Å²) in [7, 11) is 6.92. The van der Waals surface area contributed by atoms with Crippen LogP contribution in [0.2, 0.25) is 0 Å². The number of aromatic carboxylic acids is 1. The highest BCUT2D eigenvalue weighted by atomic mass is 16.5. The monoisotopic (exact) mass is 851 g/mol. The van der Waals surface area contributed by atoms with Crippen molar-refractivity contribution < 1.29 is 52.3 Å². The molecule has 4 aromatic carbocycles. The Morgan fingerprint density at radius 1 is 0.629 bits per heavy atom. The third-order valence-electron chi connectivity index (χ3n) is 9.31. The third kappa shape index (κ3) is 10.2. The minimum absolute atomic E-state index is 0.0471. The lowest BCUT2D eigenvalue weighted by molar-refractivity contribution is 0.0696. The average molecular weight is 852 g/mol. The van der Waals surface area contributed by atoms with Gasteiger partial charge in [0, 0.05) is 52.6 Å². The summed E-state index contributed by atoms with van der Waals surface area (Å²) in [5.74, 6) is 1.12. The molecule has 0 radical (unpaired) electrons. The maximum absolute atomic E-state index is 12.4. The van der Waals surface area contributed by atoms with Gasteiger partial charge < -0.3 is 57.2 Å². The number of amides is 1. The number of rotatable bonds is 19. The van der Waals surface area contributed by atoms with Gasteiger partial charge in [-0.3, -0.25) is 15.4 Å². The predicted octanol–water partition coefficient (Wildman–Crippen LogP) is 5.40. The van der Waals surface area contributed by atoms with Gasteiger partial charge in [-0.1, -0.05) is 0 Å². The molecule has 0 fully saturated rings. The molecule has 0 saturated carbocycles. The number of carbonyl (C=O) groups is 2. The van der Waals surface area contributed by atoms with E-state index in [1.165, 1.54) is 6.07 Å². The molecule has 0 aliphatic heterocycles. The van der Waals surface area contributed by atoms with Crippen molar-refractivity contribution >= 4 is 80.1 Å². The highest BCUT2D eigenvalue weighted by molar-refractivity contribution is 5.98. The van der Waals surface area contributed by atoms with Crippen LogP contribution in [0.25, 0.3) is 44.3 Å². The maximum Gasteiger partial charge on any atom is 0.335 e. The average Bonchev–Trinajstić information content (AvgIpc) is 4.03. The second kappa shape index (κ2) is 19.9. The van der Waals surface area contributed by atoms with Crippen LogP contribution in [0, 0.1) is 0 Å². The molecule has 4 heterocycles. The molecule has 8 aromatic rings. The number of benzene rings is 4. The molecule has 62 heavy (non-hydrogen) atoms. The Hall–Kier alpha value is -7.26. The van der Waals surface area contributed by atoms with Crippen LogP contribution in [-0.2, 0) is 28.3 Å². The van der Waals surface area contributed by atoms with Crippen molar-refractivity contribution in [3.05, 3.63) is 83.9 Å². The van der Waals surface area contributed by atoms with Crippen LogP contribution >= 0.6 is 0 Å². The number of methoxy groups -OCH3 is 2. The second-order valence-electron chi connectivity index (χ2n) is 13.5. The number of ether oxygens (including phenoxy) is 5. The Morgan fingerprint density at radius 3 is 1.65 bits per heavy atom. The van der Waals surface area contributed by atoms with Crippen molar-refractivity contribution in [2.24, 2.45) is 14.1 Å². The van der Waals surface area contributed by atoms with Crippen molar-refractivity contribution in [2.45, 2.75) is 0 Å². The summed E-state index contributed by atoms with van der Waals surface area (Å²) < 4.78 is 41.5. The third-order valence-corrected chi connectivity index (χ3v) is 9.31. The minimum atomic E-state index is -0.996. The number of aromatic nitrogens is 6. The molecule has 0 aliphatic carbocycles. The van der Waals surface area contributed by atoms with Gasteiger partial charge in [0.05, 0.1) is 60.7 Å². The zero-order valence-corrected chi connectivity index (χ0v) is 34.3. The number of nitrogens with zero attached hydrogens (tertiary/aromatic N) is 6. The Morgan fingerprint density at radius 2 is 1.15 bits per heavy atom. The van der Waals surface area contributed by atoms with Gasteiger partial charge >= 0.3 is 18.0 Å². The summed E-state index contributed by atoms with van der Waals surface area (Å²) in [5.41, 5.74) is 6.03. The number of nitrogens with one attached hydrogen (secondary N) is 3. The quantitative estimate of drug-likeness (QED) is 0.0639. The van der Waals surface area contributed by atoms with Crippen molar-refractivity contribution in [1.82, 2.24) is 34.4 Å². The van der Waals surface area contributed by atoms with E-state index in [1.54, 1.807) is 61.3 Å². The molecular weight excluding hydrogens is 807 g/mol. The number of aliphatic hydroxyl groups is 1. The number of carboxylic acids is 1. The summed E-state index contributed by atoms with van der Waals surface area (Å²) in [4.78, 5) is 41.4. The normalized spacial score (nSPS) is 11.2. The Balaban J connectivity index is 0.000000190. The van der Waals surface area contributed by atoms with Crippen molar-refractivity contribution in [2.75, 3.05) is 77.6 Å². The molecule has 0 atom stereocenters. The molecule has 5 N–H and O–H groups in total. The summed E-state index contributed by atoms with van der Waals surface area (Å²) in [6.45, 7) is 2.76. The number of imidazole rings is 2. The summed E-state index contributed by atoms with van der Waals surface area (Å²) in [5, 5.41) is 26.8. The van der Waals surface area contributed by atoms with E-state index < -0.39 is 5.97 Å². The fraction of sp³-hybridized carbons (Fsp3) is 0.286. The highest BCUT2D eigenvalue weighted by Crippen LogP contribution is 2.29. The number of oxazole rings is 2. The van der Waals surface area contributed by atoms with Gasteiger partial charge in [-0.2, -0.15) is 9.97 Å². The molecule has 324 valence electrons. The lowest BCUT2D eigenvalue weighted by Crippen LogP contribution is -2.27.